The molecule has 1 heteroatoms. The minimum absolute atomic E-state index is 0.676. The Bertz CT molecular complexity index is 120. The Morgan fingerprint density at radius 2 is 2.08 bits per heavy atom. The molecule has 0 aromatic heterocycles. The van der Waals surface area contributed by atoms with E-state index in [-0.39, 0.29) is 0 Å². The van der Waals surface area contributed by atoms with Crippen LogP contribution in [0.4, 0.5) is 0 Å². The number of hydrogen-bond donors (Lipinski definition) is 0. The average Bonchev–Trinajstić information content (AvgIpc) is 2.16. The highest BCUT2D eigenvalue weighted by molar-refractivity contribution is 4.82. The summed E-state index contributed by atoms with van der Waals surface area (Å²) in [7, 11) is 1.77. The lowest BCUT2D eigenvalue weighted by molar-refractivity contribution is 0.169. The van der Waals surface area contributed by atoms with E-state index in [4.69, 9.17) is 4.74 Å². The first-order valence-electron chi connectivity index (χ1n) is 5.37. The Hall–Kier alpha value is -0.300. The molecule has 0 rings (SSSR count). The number of unbranched alkanes of at least 4 members (excludes halogenated alkanes) is 1. The van der Waals surface area contributed by atoms with Crippen molar-refractivity contribution in [3.8, 4) is 0 Å². The zero-order valence-electron chi connectivity index (χ0n) is 9.38. The van der Waals surface area contributed by atoms with Crippen LogP contribution in [0.3, 0.4) is 0 Å². The van der Waals surface area contributed by atoms with Crippen LogP contribution in [0.1, 0.15) is 39.5 Å². The summed E-state index contributed by atoms with van der Waals surface area (Å²) in [5, 5.41) is 0. The second-order valence-electron chi connectivity index (χ2n) is 3.80. The highest BCUT2D eigenvalue weighted by Crippen LogP contribution is 2.22. The van der Waals surface area contributed by atoms with Crippen molar-refractivity contribution >= 4 is 0 Å². The Kier molecular flexibility index (Phi) is 8.11. The summed E-state index contributed by atoms with van der Waals surface area (Å²) in [6.45, 7) is 9.30. The summed E-state index contributed by atoms with van der Waals surface area (Å²) in [5.74, 6) is 1.39. The van der Waals surface area contributed by atoms with Crippen molar-refractivity contribution in [3.63, 3.8) is 0 Å². The molecule has 0 spiro atoms. The molecule has 1 nitrogen and oxygen atoms in total. The maximum absolute atomic E-state index is 5.08. The number of hydrogen-bond acceptors (Lipinski definition) is 1. The average molecular weight is 184 g/mol. The van der Waals surface area contributed by atoms with E-state index < -0.39 is 0 Å². The third kappa shape index (κ3) is 5.87. The third-order valence-corrected chi connectivity index (χ3v) is 2.70. The van der Waals surface area contributed by atoms with Crippen LogP contribution in [0.25, 0.3) is 0 Å². The van der Waals surface area contributed by atoms with Crippen LogP contribution in [-0.2, 0) is 4.74 Å². The summed E-state index contributed by atoms with van der Waals surface area (Å²) >= 11 is 0. The first-order valence-corrected chi connectivity index (χ1v) is 5.37. The molecule has 0 aromatic carbocycles. The maximum Gasteiger partial charge on any atom is 0.0465 e. The second-order valence-corrected chi connectivity index (χ2v) is 3.80. The van der Waals surface area contributed by atoms with Gasteiger partial charge in [0.2, 0.25) is 0 Å². The Labute approximate surface area is 83.2 Å². The lowest BCUT2D eigenvalue weighted by atomic mass is 9.87. The van der Waals surface area contributed by atoms with Crippen molar-refractivity contribution < 1.29 is 4.74 Å². The summed E-state index contributed by atoms with van der Waals surface area (Å²) in [4.78, 5) is 0. The van der Waals surface area contributed by atoms with Gasteiger partial charge in [-0.05, 0) is 24.7 Å². The fraction of sp³-hybridized carbons (Fsp3) is 0.833. The van der Waals surface area contributed by atoms with Gasteiger partial charge in [0.05, 0.1) is 0 Å². The van der Waals surface area contributed by atoms with E-state index in [2.05, 4.69) is 26.5 Å². The molecule has 2 atom stereocenters. The number of allylic oxidation sites excluding steroid dienone is 1. The Morgan fingerprint density at radius 1 is 1.38 bits per heavy atom. The molecule has 0 saturated heterocycles. The fourth-order valence-corrected chi connectivity index (χ4v) is 1.59. The molecule has 0 aliphatic rings. The smallest absolute Gasteiger partial charge is 0.0465 e. The van der Waals surface area contributed by atoms with Crippen LogP contribution in [0, 0.1) is 11.8 Å². The van der Waals surface area contributed by atoms with Gasteiger partial charge in [0, 0.05) is 13.7 Å². The van der Waals surface area contributed by atoms with Gasteiger partial charge in [0.25, 0.3) is 0 Å². The van der Waals surface area contributed by atoms with Crippen molar-refractivity contribution in [1.82, 2.24) is 0 Å². The standard InChI is InChI=1S/C12H24O/c1-5-7-8-12(6-2)11(3)9-10-13-4/h6,11-12H,2,5,7-10H2,1,3-4H3. The normalized spacial score (nSPS) is 15.3. The zero-order chi connectivity index (χ0) is 10.1. The first kappa shape index (κ1) is 12.7. The molecule has 0 bridgehead atoms. The van der Waals surface area contributed by atoms with E-state index in [0.29, 0.717) is 11.8 Å². The molecule has 0 aromatic rings. The van der Waals surface area contributed by atoms with Gasteiger partial charge in [0.15, 0.2) is 0 Å². The van der Waals surface area contributed by atoms with E-state index in [0.717, 1.165) is 13.0 Å². The van der Waals surface area contributed by atoms with Crippen LogP contribution < -0.4 is 0 Å². The van der Waals surface area contributed by atoms with Gasteiger partial charge in [-0.25, -0.2) is 0 Å². The molecule has 0 aliphatic carbocycles. The summed E-state index contributed by atoms with van der Waals surface area (Å²) < 4.78 is 5.08. The van der Waals surface area contributed by atoms with E-state index in [9.17, 15) is 0 Å². The molecule has 0 aliphatic heterocycles. The van der Waals surface area contributed by atoms with Crippen LogP contribution in [0.2, 0.25) is 0 Å². The molecule has 2 unspecified atom stereocenters. The van der Waals surface area contributed by atoms with Gasteiger partial charge in [-0.1, -0.05) is 32.8 Å². The molecule has 0 N–H and O–H groups in total. The molecular formula is C12H24O. The van der Waals surface area contributed by atoms with Gasteiger partial charge in [-0.2, -0.15) is 0 Å². The van der Waals surface area contributed by atoms with Crippen molar-refractivity contribution in [2.24, 2.45) is 11.8 Å². The second kappa shape index (κ2) is 8.31. The van der Waals surface area contributed by atoms with Gasteiger partial charge < -0.3 is 4.74 Å². The summed E-state index contributed by atoms with van der Waals surface area (Å²) in [6.07, 6.45) is 7.13. The minimum atomic E-state index is 0.676. The number of rotatable bonds is 8. The van der Waals surface area contributed by atoms with E-state index >= 15 is 0 Å². The summed E-state index contributed by atoms with van der Waals surface area (Å²) in [6, 6.07) is 0. The largest absolute Gasteiger partial charge is 0.385 e. The van der Waals surface area contributed by atoms with E-state index in [1.165, 1.54) is 19.3 Å². The minimum Gasteiger partial charge on any atom is -0.385 e. The molecular weight excluding hydrogens is 160 g/mol. The Balaban J connectivity index is 3.70. The highest BCUT2D eigenvalue weighted by Gasteiger charge is 2.12. The molecule has 78 valence electrons. The molecule has 0 saturated carbocycles. The van der Waals surface area contributed by atoms with Crippen LogP contribution in [-0.4, -0.2) is 13.7 Å². The number of ether oxygens (including phenoxy) is 1. The highest BCUT2D eigenvalue weighted by atomic mass is 16.5. The molecule has 0 radical (unpaired) electrons. The van der Waals surface area contributed by atoms with Crippen LogP contribution in [0.5, 0.6) is 0 Å². The van der Waals surface area contributed by atoms with Crippen molar-refractivity contribution in [1.29, 1.82) is 0 Å². The maximum atomic E-state index is 5.08. The predicted molar refractivity (Wildman–Crippen MR) is 58.9 cm³/mol. The topological polar surface area (TPSA) is 9.23 Å². The molecule has 0 heterocycles. The first-order chi connectivity index (χ1) is 6.26. The van der Waals surface area contributed by atoms with Crippen molar-refractivity contribution in [2.45, 2.75) is 39.5 Å². The van der Waals surface area contributed by atoms with E-state index in [1.807, 2.05) is 0 Å². The predicted octanol–water partition coefficient (Wildman–Crippen LogP) is 3.65. The lowest BCUT2D eigenvalue weighted by Gasteiger charge is -2.19. The molecule has 13 heavy (non-hydrogen) atoms. The molecule has 0 amide bonds. The quantitative estimate of drug-likeness (QED) is 0.523. The fourth-order valence-electron chi connectivity index (χ4n) is 1.59. The van der Waals surface area contributed by atoms with Gasteiger partial charge in [-0.3, -0.25) is 0 Å². The van der Waals surface area contributed by atoms with Crippen molar-refractivity contribution in [3.05, 3.63) is 12.7 Å². The third-order valence-electron chi connectivity index (χ3n) is 2.70. The van der Waals surface area contributed by atoms with Crippen LogP contribution >= 0.6 is 0 Å². The van der Waals surface area contributed by atoms with Gasteiger partial charge in [0.1, 0.15) is 0 Å². The van der Waals surface area contributed by atoms with Crippen molar-refractivity contribution in [2.75, 3.05) is 13.7 Å². The SMILES string of the molecule is C=CC(CCCC)C(C)CCOC. The van der Waals surface area contributed by atoms with Gasteiger partial charge >= 0.3 is 0 Å². The van der Waals surface area contributed by atoms with Crippen LogP contribution in [0.15, 0.2) is 12.7 Å². The van der Waals surface area contributed by atoms with Gasteiger partial charge in [-0.15, -0.1) is 6.58 Å². The zero-order valence-corrected chi connectivity index (χ0v) is 9.38. The summed E-state index contributed by atoms with van der Waals surface area (Å²) in [5.41, 5.74) is 0. The number of methoxy groups -OCH3 is 1. The monoisotopic (exact) mass is 184 g/mol. The lowest BCUT2D eigenvalue weighted by Crippen LogP contribution is -2.11. The molecule has 0 fully saturated rings. The van der Waals surface area contributed by atoms with E-state index in [1.54, 1.807) is 7.11 Å². The Morgan fingerprint density at radius 3 is 2.54 bits per heavy atom.